The Bertz CT molecular complexity index is 322. The lowest BCUT2D eigenvalue weighted by atomic mass is 9.98. The van der Waals surface area contributed by atoms with E-state index >= 15 is 0 Å². The molecule has 88 valence electrons. The van der Waals surface area contributed by atoms with E-state index < -0.39 is 0 Å². The molecular weight excluding hydrogens is 200 g/mol. The van der Waals surface area contributed by atoms with Crippen LogP contribution in [0.15, 0.2) is 24.5 Å². The number of rotatable bonds is 5. The molecule has 1 unspecified atom stereocenters. The molecule has 1 amide bonds. The molecule has 0 aliphatic rings. The first-order valence-corrected chi connectivity index (χ1v) is 5.75. The number of nitrogens with zero attached hydrogens (tertiary/aromatic N) is 1. The van der Waals surface area contributed by atoms with Gasteiger partial charge in [0, 0.05) is 18.9 Å². The van der Waals surface area contributed by atoms with Crippen molar-refractivity contribution in [1.29, 1.82) is 0 Å². The van der Waals surface area contributed by atoms with Crippen molar-refractivity contribution in [2.75, 3.05) is 6.54 Å². The summed E-state index contributed by atoms with van der Waals surface area (Å²) in [5.74, 6) is 1.20. The van der Waals surface area contributed by atoms with Gasteiger partial charge in [-0.25, -0.2) is 0 Å². The zero-order valence-corrected chi connectivity index (χ0v) is 10.2. The quantitative estimate of drug-likeness (QED) is 0.825. The van der Waals surface area contributed by atoms with Crippen molar-refractivity contribution in [1.82, 2.24) is 10.3 Å². The number of amides is 1. The van der Waals surface area contributed by atoms with Crippen LogP contribution in [0.3, 0.4) is 0 Å². The lowest BCUT2D eigenvalue weighted by Gasteiger charge is -2.15. The predicted octanol–water partition coefficient (Wildman–Crippen LogP) is 2.03. The Balaban J connectivity index is 2.32. The Morgan fingerprint density at radius 2 is 1.94 bits per heavy atom. The smallest absolute Gasteiger partial charge is 0.224 e. The molecule has 1 N–H and O–H groups in total. The average Bonchev–Trinajstić information content (AvgIpc) is 2.27. The van der Waals surface area contributed by atoms with Crippen LogP contribution in [0.5, 0.6) is 0 Å². The molecule has 16 heavy (non-hydrogen) atoms. The molecule has 1 aromatic heterocycles. The molecule has 0 saturated heterocycles. The summed E-state index contributed by atoms with van der Waals surface area (Å²) < 4.78 is 0. The highest BCUT2D eigenvalue weighted by atomic mass is 16.1. The van der Waals surface area contributed by atoms with E-state index in [0.29, 0.717) is 18.3 Å². The molecule has 0 radical (unpaired) electrons. The molecule has 1 aromatic rings. The van der Waals surface area contributed by atoms with Gasteiger partial charge in [-0.15, -0.1) is 0 Å². The number of carbonyl (C=O) groups is 1. The maximum absolute atomic E-state index is 11.6. The first kappa shape index (κ1) is 12.7. The number of hydrogen-bond acceptors (Lipinski definition) is 2. The highest BCUT2D eigenvalue weighted by Crippen LogP contribution is 2.07. The van der Waals surface area contributed by atoms with Crippen molar-refractivity contribution in [2.45, 2.75) is 27.2 Å². The topological polar surface area (TPSA) is 42.0 Å². The normalized spacial score (nSPS) is 12.5. The summed E-state index contributed by atoms with van der Waals surface area (Å²) in [6.45, 7) is 7.23. The van der Waals surface area contributed by atoms with E-state index in [2.05, 4.69) is 31.1 Å². The minimum absolute atomic E-state index is 0.0821. The zero-order valence-electron chi connectivity index (χ0n) is 10.2. The Hall–Kier alpha value is -1.38. The number of nitrogens with one attached hydrogen (secondary N) is 1. The third-order valence-electron chi connectivity index (χ3n) is 2.87. The van der Waals surface area contributed by atoms with Crippen LogP contribution < -0.4 is 5.32 Å². The first-order valence-electron chi connectivity index (χ1n) is 5.75. The van der Waals surface area contributed by atoms with Gasteiger partial charge in [-0.3, -0.25) is 9.78 Å². The molecule has 0 bridgehead atoms. The summed E-state index contributed by atoms with van der Waals surface area (Å²) in [6.07, 6.45) is 3.85. The van der Waals surface area contributed by atoms with Crippen LogP contribution in [0.4, 0.5) is 0 Å². The van der Waals surface area contributed by atoms with E-state index in [9.17, 15) is 4.79 Å². The summed E-state index contributed by atoms with van der Waals surface area (Å²) >= 11 is 0. The summed E-state index contributed by atoms with van der Waals surface area (Å²) in [5.41, 5.74) is 1.00. The summed E-state index contributed by atoms with van der Waals surface area (Å²) in [4.78, 5) is 15.5. The highest BCUT2D eigenvalue weighted by molar-refractivity contribution is 5.78. The van der Waals surface area contributed by atoms with Crippen LogP contribution in [-0.4, -0.2) is 17.4 Å². The van der Waals surface area contributed by atoms with Gasteiger partial charge in [-0.05, 0) is 29.5 Å². The van der Waals surface area contributed by atoms with E-state index in [4.69, 9.17) is 0 Å². The largest absolute Gasteiger partial charge is 0.356 e. The SMILES string of the molecule is CC(C)C(C)CNC(=O)Cc1ccncc1. The molecule has 1 rings (SSSR count). The van der Waals surface area contributed by atoms with Gasteiger partial charge in [0.1, 0.15) is 0 Å². The molecule has 0 aliphatic carbocycles. The van der Waals surface area contributed by atoms with Crippen LogP contribution in [0.1, 0.15) is 26.3 Å². The molecule has 0 spiro atoms. The van der Waals surface area contributed by atoms with Gasteiger partial charge in [0.2, 0.25) is 5.91 Å². The van der Waals surface area contributed by atoms with Crippen LogP contribution in [0, 0.1) is 11.8 Å². The summed E-state index contributed by atoms with van der Waals surface area (Å²) in [7, 11) is 0. The number of aromatic nitrogens is 1. The monoisotopic (exact) mass is 220 g/mol. The minimum atomic E-state index is 0.0821. The lowest BCUT2D eigenvalue weighted by molar-refractivity contribution is -0.120. The molecular formula is C13H20N2O. The fraction of sp³-hybridized carbons (Fsp3) is 0.538. The first-order chi connectivity index (χ1) is 7.59. The van der Waals surface area contributed by atoms with E-state index in [-0.39, 0.29) is 5.91 Å². The maximum Gasteiger partial charge on any atom is 0.224 e. The number of hydrogen-bond donors (Lipinski definition) is 1. The van der Waals surface area contributed by atoms with Gasteiger partial charge in [-0.2, -0.15) is 0 Å². The molecule has 0 aromatic carbocycles. The average molecular weight is 220 g/mol. The second kappa shape index (κ2) is 6.26. The van der Waals surface area contributed by atoms with Crippen molar-refractivity contribution in [3.63, 3.8) is 0 Å². The third-order valence-corrected chi connectivity index (χ3v) is 2.87. The van der Waals surface area contributed by atoms with E-state index in [1.807, 2.05) is 12.1 Å². The molecule has 0 fully saturated rings. The second-order valence-electron chi connectivity index (χ2n) is 4.56. The van der Waals surface area contributed by atoms with Crippen molar-refractivity contribution in [2.24, 2.45) is 11.8 Å². The van der Waals surface area contributed by atoms with Crippen molar-refractivity contribution in [3.8, 4) is 0 Å². The van der Waals surface area contributed by atoms with Crippen molar-refractivity contribution < 1.29 is 4.79 Å². The van der Waals surface area contributed by atoms with Crippen LogP contribution >= 0.6 is 0 Å². The Morgan fingerprint density at radius 3 is 2.50 bits per heavy atom. The third kappa shape index (κ3) is 4.43. The predicted molar refractivity (Wildman–Crippen MR) is 65.0 cm³/mol. The Labute approximate surface area is 97.3 Å². The van der Waals surface area contributed by atoms with Crippen LogP contribution in [-0.2, 0) is 11.2 Å². The summed E-state index contributed by atoms with van der Waals surface area (Å²) in [5, 5.41) is 2.95. The minimum Gasteiger partial charge on any atom is -0.356 e. The fourth-order valence-electron chi connectivity index (χ4n) is 1.26. The van der Waals surface area contributed by atoms with Crippen molar-refractivity contribution in [3.05, 3.63) is 30.1 Å². The molecule has 3 heteroatoms. The number of carbonyl (C=O) groups excluding carboxylic acids is 1. The fourth-order valence-corrected chi connectivity index (χ4v) is 1.26. The van der Waals surface area contributed by atoms with Gasteiger partial charge in [0.05, 0.1) is 6.42 Å². The van der Waals surface area contributed by atoms with Crippen LogP contribution in [0.2, 0.25) is 0 Å². The maximum atomic E-state index is 11.6. The van der Waals surface area contributed by atoms with Gasteiger partial charge in [0.15, 0.2) is 0 Å². The van der Waals surface area contributed by atoms with E-state index in [1.165, 1.54) is 0 Å². The van der Waals surface area contributed by atoms with E-state index in [0.717, 1.165) is 12.1 Å². The standard InChI is InChI=1S/C13H20N2O/c1-10(2)11(3)9-15-13(16)8-12-4-6-14-7-5-12/h4-7,10-11H,8-9H2,1-3H3,(H,15,16). The van der Waals surface area contributed by atoms with Crippen LogP contribution in [0.25, 0.3) is 0 Å². The molecule has 1 heterocycles. The highest BCUT2D eigenvalue weighted by Gasteiger charge is 2.09. The van der Waals surface area contributed by atoms with Gasteiger partial charge >= 0.3 is 0 Å². The van der Waals surface area contributed by atoms with Crippen molar-refractivity contribution >= 4 is 5.91 Å². The van der Waals surface area contributed by atoms with Gasteiger partial charge < -0.3 is 5.32 Å². The molecule has 0 saturated carbocycles. The molecule has 1 atom stereocenters. The second-order valence-corrected chi connectivity index (χ2v) is 4.56. The molecule has 0 aliphatic heterocycles. The zero-order chi connectivity index (χ0) is 12.0. The summed E-state index contributed by atoms with van der Waals surface area (Å²) in [6, 6.07) is 3.73. The van der Waals surface area contributed by atoms with E-state index in [1.54, 1.807) is 12.4 Å². The Kier molecular flexibility index (Phi) is 4.96. The molecule has 3 nitrogen and oxygen atoms in total. The lowest BCUT2D eigenvalue weighted by Crippen LogP contribution is -2.31. The number of pyridine rings is 1. The van der Waals surface area contributed by atoms with Gasteiger partial charge in [0.25, 0.3) is 0 Å². The van der Waals surface area contributed by atoms with Gasteiger partial charge in [-0.1, -0.05) is 20.8 Å². The Morgan fingerprint density at radius 1 is 1.31 bits per heavy atom.